The number of hydrogen-bond donors (Lipinski definition) is 0. The Morgan fingerprint density at radius 3 is 2.83 bits per heavy atom. The minimum absolute atomic E-state index is 0.309. The summed E-state index contributed by atoms with van der Waals surface area (Å²) in [6, 6.07) is 2.09. The summed E-state index contributed by atoms with van der Waals surface area (Å²) in [6.45, 7) is 8.69. The maximum absolute atomic E-state index is 9.22. The van der Waals surface area contributed by atoms with Gasteiger partial charge in [0.2, 0.25) is 5.88 Å². The zero-order valence-electron chi connectivity index (χ0n) is 10.7. The average molecular weight is 242 g/mol. The summed E-state index contributed by atoms with van der Waals surface area (Å²) in [5.74, 6) is 0.309. The zero-order valence-corrected chi connectivity index (χ0v) is 10.7. The van der Waals surface area contributed by atoms with Crippen molar-refractivity contribution in [2.24, 2.45) is 4.99 Å². The second kappa shape index (κ2) is 4.49. The SMILES string of the molecule is C=C1c2c(C)nc(OC)c(C#N)c2N=CN1CC. The summed E-state index contributed by atoms with van der Waals surface area (Å²) in [5.41, 5.74) is 3.34. The Kier molecular flexibility index (Phi) is 3.02. The molecule has 0 N–H and O–H groups in total. The largest absolute Gasteiger partial charge is 0.480 e. The monoisotopic (exact) mass is 242 g/mol. The average Bonchev–Trinajstić information content (AvgIpc) is 2.38. The lowest BCUT2D eigenvalue weighted by molar-refractivity contribution is 0.395. The van der Waals surface area contributed by atoms with E-state index in [-0.39, 0.29) is 0 Å². The summed E-state index contributed by atoms with van der Waals surface area (Å²) in [6.07, 6.45) is 1.68. The van der Waals surface area contributed by atoms with Crippen LogP contribution in [0.25, 0.3) is 5.70 Å². The van der Waals surface area contributed by atoms with Gasteiger partial charge in [-0.2, -0.15) is 5.26 Å². The van der Waals surface area contributed by atoms with Crippen molar-refractivity contribution in [3.63, 3.8) is 0 Å². The van der Waals surface area contributed by atoms with Crippen LogP contribution < -0.4 is 4.74 Å². The van der Waals surface area contributed by atoms with Gasteiger partial charge < -0.3 is 9.64 Å². The number of methoxy groups -OCH3 is 1. The van der Waals surface area contributed by atoms with Crippen molar-refractivity contribution in [3.05, 3.63) is 23.4 Å². The number of rotatable bonds is 2. The maximum atomic E-state index is 9.22. The zero-order chi connectivity index (χ0) is 13.3. The van der Waals surface area contributed by atoms with Gasteiger partial charge in [0, 0.05) is 17.8 Å². The first-order chi connectivity index (χ1) is 8.63. The number of fused-ring (bicyclic) bond motifs is 1. The molecule has 0 radical (unpaired) electrons. The molecule has 2 heterocycles. The number of aryl methyl sites for hydroxylation is 1. The molecule has 0 aromatic carbocycles. The highest BCUT2D eigenvalue weighted by Crippen LogP contribution is 2.38. The van der Waals surface area contributed by atoms with Gasteiger partial charge in [-0.05, 0) is 13.8 Å². The van der Waals surface area contributed by atoms with Crippen LogP contribution in [0, 0.1) is 18.3 Å². The van der Waals surface area contributed by atoms with Crippen LogP contribution in [0.3, 0.4) is 0 Å². The van der Waals surface area contributed by atoms with Gasteiger partial charge in [-0.3, -0.25) is 0 Å². The molecule has 1 aromatic rings. The van der Waals surface area contributed by atoms with Crippen molar-refractivity contribution in [3.8, 4) is 11.9 Å². The van der Waals surface area contributed by atoms with Gasteiger partial charge in [0.1, 0.15) is 11.6 Å². The van der Waals surface area contributed by atoms with Crippen LogP contribution in [0.2, 0.25) is 0 Å². The van der Waals surface area contributed by atoms with Gasteiger partial charge in [0.05, 0.1) is 24.8 Å². The number of pyridine rings is 1. The normalized spacial score (nSPS) is 13.2. The molecule has 2 rings (SSSR count). The molecular weight excluding hydrogens is 228 g/mol. The molecule has 0 atom stereocenters. The molecule has 0 fully saturated rings. The van der Waals surface area contributed by atoms with Crippen LogP contribution in [0.15, 0.2) is 11.6 Å². The third kappa shape index (κ3) is 1.63. The van der Waals surface area contributed by atoms with E-state index in [1.165, 1.54) is 7.11 Å². The molecule has 0 saturated heterocycles. The topological polar surface area (TPSA) is 61.5 Å². The van der Waals surface area contributed by atoms with E-state index in [1.807, 2.05) is 18.7 Å². The first-order valence-corrected chi connectivity index (χ1v) is 5.62. The Labute approximate surface area is 106 Å². The highest BCUT2D eigenvalue weighted by molar-refractivity contribution is 5.90. The molecular formula is C13H14N4O. The van der Waals surface area contributed by atoms with E-state index in [0.29, 0.717) is 17.1 Å². The highest BCUT2D eigenvalue weighted by atomic mass is 16.5. The van der Waals surface area contributed by atoms with E-state index < -0.39 is 0 Å². The Balaban J connectivity index is 2.73. The molecule has 0 spiro atoms. The van der Waals surface area contributed by atoms with Gasteiger partial charge in [0.15, 0.2) is 0 Å². The molecule has 0 aliphatic carbocycles. The Hall–Kier alpha value is -2.35. The minimum atomic E-state index is 0.309. The second-order valence-electron chi connectivity index (χ2n) is 3.89. The van der Waals surface area contributed by atoms with Crippen LogP contribution in [-0.2, 0) is 0 Å². The number of nitrogens with zero attached hydrogens (tertiary/aromatic N) is 4. The standard InChI is InChI=1S/C13H14N4O/c1-5-17-7-15-12-10(6-14)13(18-4)16-8(2)11(12)9(17)3/h7H,3,5H2,1-2,4H3. The van der Waals surface area contributed by atoms with Crippen molar-refractivity contribution in [1.29, 1.82) is 5.26 Å². The number of aromatic nitrogens is 1. The Morgan fingerprint density at radius 2 is 2.28 bits per heavy atom. The van der Waals surface area contributed by atoms with Crippen molar-refractivity contribution in [2.45, 2.75) is 13.8 Å². The summed E-state index contributed by atoms with van der Waals surface area (Å²) < 4.78 is 5.12. The van der Waals surface area contributed by atoms with Gasteiger partial charge in [-0.15, -0.1) is 0 Å². The lowest BCUT2D eigenvalue weighted by Gasteiger charge is -2.27. The number of nitriles is 1. The fourth-order valence-electron chi connectivity index (χ4n) is 2.00. The smallest absolute Gasteiger partial charge is 0.233 e. The molecule has 18 heavy (non-hydrogen) atoms. The second-order valence-corrected chi connectivity index (χ2v) is 3.89. The molecule has 5 nitrogen and oxygen atoms in total. The van der Waals surface area contributed by atoms with Crippen LogP contribution in [0.4, 0.5) is 5.69 Å². The third-order valence-electron chi connectivity index (χ3n) is 2.93. The fraction of sp³-hybridized carbons (Fsp3) is 0.308. The number of aliphatic imine (C=N–C) groups is 1. The molecule has 0 unspecified atom stereocenters. The van der Waals surface area contributed by atoms with Crippen LogP contribution in [-0.4, -0.2) is 29.9 Å². The van der Waals surface area contributed by atoms with Crippen LogP contribution >= 0.6 is 0 Å². The molecule has 92 valence electrons. The first-order valence-electron chi connectivity index (χ1n) is 5.62. The molecule has 0 amide bonds. The molecule has 1 aliphatic heterocycles. The van der Waals surface area contributed by atoms with Crippen LogP contribution in [0.5, 0.6) is 5.88 Å². The van der Waals surface area contributed by atoms with Gasteiger partial charge in [-0.1, -0.05) is 6.58 Å². The fourth-order valence-corrected chi connectivity index (χ4v) is 2.00. The quantitative estimate of drug-likeness (QED) is 0.797. The first kappa shape index (κ1) is 12.1. The van der Waals surface area contributed by atoms with E-state index >= 15 is 0 Å². The summed E-state index contributed by atoms with van der Waals surface area (Å²) >= 11 is 0. The van der Waals surface area contributed by atoms with E-state index in [0.717, 1.165) is 23.5 Å². The maximum Gasteiger partial charge on any atom is 0.233 e. The van der Waals surface area contributed by atoms with Crippen molar-refractivity contribution in [1.82, 2.24) is 9.88 Å². The summed E-state index contributed by atoms with van der Waals surface area (Å²) in [4.78, 5) is 10.5. The Bertz CT molecular complexity index is 584. The van der Waals surface area contributed by atoms with Crippen molar-refractivity contribution in [2.75, 3.05) is 13.7 Å². The highest BCUT2D eigenvalue weighted by Gasteiger charge is 2.24. The Morgan fingerprint density at radius 1 is 1.56 bits per heavy atom. The van der Waals surface area contributed by atoms with Gasteiger partial charge in [0.25, 0.3) is 0 Å². The molecule has 1 aliphatic rings. The van der Waals surface area contributed by atoms with Crippen molar-refractivity contribution >= 4 is 17.7 Å². The van der Waals surface area contributed by atoms with Gasteiger partial charge in [-0.25, -0.2) is 9.98 Å². The van der Waals surface area contributed by atoms with E-state index in [1.54, 1.807) is 6.34 Å². The number of ether oxygens (including phenoxy) is 1. The lowest BCUT2D eigenvalue weighted by Crippen LogP contribution is -2.23. The molecule has 0 saturated carbocycles. The van der Waals surface area contributed by atoms with E-state index in [9.17, 15) is 5.26 Å². The van der Waals surface area contributed by atoms with Crippen LogP contribution in [0.1, 0.15) is 23.7 Å². The van der Waals surface area contributed by atoms with E-state index in [4.69, 9.17) is 4.74 Å². The molecule has 1 aromatic heterocycles. The molecule has 0 bridgehead atoms. The molecule has 5 heteroatoms. The van der Waals surface area contributed by atoms with E-state index in [2.05, 4.69) is 22.6 Å². The third-order valence-corrected chi connectivity index (χ3v) is 2.93. The number of hydrogen-bond acceptors (Lipinski definition) is 5. The lowest BCUT2D eigenvalue weighted by atomic mass is 10.0. The predicted octanol–water partition coefficient (Wildman–Crippen LogP) is 2.24. The van der Waals surface area contributed by atoms with Gasteiger partial charge >= 0.3 is 0 Å². The van der Waals surface area contributed by atoms with Crippen molar-refractivity contribution < 1.29 is 4.74 Å². The predicted molar refractivity (Wildman–Crippen MR) is 69.8 cm³/mol. The summed E-state index contributed by atoms with van der Waals surface area (Å²) in [7, 11) is 1.49. The summed E-state index contributed by atoms with van der Waals surface area (Å²) in [5, 5.41) is 9.22. The minimum Gasteiger partial charge on any atom is -0.480 e.